The highest BCUT2D eigenvalue weighted by Gasteiger charge is 2.36. The van der Waals surface area contributed by atoms with E-state index in [4.69, 9.17) is 16.3 Å². The number of hydrogen-bond donors (Lipinski definition) is 1. The van der Waals surface area contributed by atoms with Crippen LogP contribution in [0.3, 0.4) is 0 Å². The number of rotatable bonds is 5. The average molecular weight is 311 g/mol. The lowest BCUT2D eigenvalue weighted by atomic mass is 9.96. The summed E-state index contributed by atoms with van der Waals surface area (Å²) >= 11 is 5.98. The van der Waals surface area contributed by atoms with Crippen molar-refractivity contribution in [3.63, 3.8) is 0 Å². The van der Waals surface area contributed by atoms with E-state index in [0.29, 0.717) is 22.9 Å². The van der Waals surface area contributed by atoms with Crippen LogP contribution in [0.4, 0.5) is 0 Å². The Morgan fingerprint density at radius 1 is 1.38 bits per heavy atom. The summed E-state index contributed by atoms with van der Waals surface area (Å²) in [5, 5.41) is 3.58. The summed E-state index contributed by atoms with van der Waals surface area (Å²) in [4.78, 5) is 14.7. The van der Waals surface area contributed by atoms with Crippen LogP contribution in [-0.2, 0) is 0 Å². The number of likely N-dealkylation sites (N-methyl/N-ethyl adjacent to an activating group) is 1. The molecule has 0 radical (unpaired) electrons. The van der Waals surface area contributed by atoms with Crippen molar-refractivity contribution in [2.45, 2.75) is 31.2 Å². The molecule has 0 bridgehead atoms. The largest absolute Gasteiger partial charge is 0.496 e. The molecule has 0 unspecified atom stereocenters. The molecule has 116 valence electrons. The molecule has 1 N–H and O–H groups in total. The van der Waals surface area contributed by atoms with Crippen molar-refractivity contribution in [3.8, 4) is 5.75 Å². The van der Waals surface area contributed by atoms with Gasteiger partial charge < -0.3 is 15.0 Å². The maximum absolute atomic E-state index is 12.4. The van der Waals surface area contributed by atoms with Gasteiger partial charge in [-0.05, 0) is 45.1 Å². The molecule has 0 aromatic heterocycles. The molecular formula is C16H23ClN2O2. The molecular weight excluding hydrogens is 288 g/mol. The molecule has 1 amide bonds. The van der Waals surface area contributed by atoms with Crippen LogP contribution in [0.25, 0.3) is 0 Å². The fourth-order valence-corrected chi connectivity index (χ4v) is 3.19. The van der Waals surface area contributed by atoms with Gasteiger partial charge in [0.2, 0.25) is 0 Å². The van der Waals surface area contributed by atoms with Crippen molar-refractivity contribution in [1.82, 2.24) is 10.2 Å². The molecule has 1 fully saturated rings. The number of benzene rings is 1. The summed E-state index contributed by atoms with van der Waals surface area (Å²) in [6, 6.07) is 5.08. The van der Waals surface area contributed by atoms with Crippen LogP contribution in [0, 0.1) is 0 Å². The maximum atomic E-state index is 12.4. The summed E-state index contributed by atoms with van der Waals surface area (Å²) < 4.78 is 5.24. The highest BCUT2D eigenvalue weighted by molar-refractivity contribution is 6.31. The van der Waals surface area contributed by atoms with Gasteiger partial charge >= 0.3 is 0 Å². The Labute approximate surface area is 131 Å². The van der Waals surface area contributed by atoms with E-state index in [-0.39, 0.29) is 11.4 Å². The minimum absolute atomic E-state index is 0.0709. The SMILES string of the molecule is COc1ccc(Cl)cc1C(=O)NCC1(N(C)C)CCCC1. The maximum Gasteiger partial charge on any atom is 0.255 e. The van der Waals surface area contributed by atoms with Gasteiger partial charge in [0.05, 0.1) is 12.7 Å². The fraction of sp³-hybridized carbons (Fsp3) is 0.562. The van der Waals surface area contributed by atoms with Gasteiger partial charge in [-0.2, -0.15) is 0 Å². The number of nitrogens with zero attached hydrogens (tertiary/aromatic N) is 1. The first-order chi connectivity index (χ1) is 9.98. The Morgan fingerprint density at radius 3 is 2.62 bits per heavy atom. The Morgan fingerprint density at radius 2 is 2.05 bits per heavy atom. The number of ether oxygens (including phenoxy) is 1. The van der Waals surface area contributed by atoms with Crippen LogP contribution in [0.15, 0.2) is 18.2 Å². The van der Waals surface area contributed by atoms with Crippen LogP contribution in [-0.4, -0.2) is 44.1 Å². The average Bonchev–Trinajstić information content (AvgIpc) is 2.95. The molecule has 1 aromatic rings. The van der Waals surface area contributed by atoms with Gasteiger partial charge in [0.25, 0.3) is 5.91 Å². The van der Waals surface area contributed by atoms with Gasteiger partial charge in [0.1, 0.15) is 5.75 Å². The highest BCUT2D eigenvalue weighted by atomic mass is 35.5. The first-order valence-corrected chi connectivity index (χ1v) is 7.65. The quantitative estimate of drug-likeness (QED) is 0.909. The van der Waals surface area contributed by atoms with Crippen LogP contribution >= 0.6 is 11.6 Å². The Kier molecular flexibility index (Phi) is 5.12. The Hall–Kier alpha value is -1.26. The predicted molar refractivity (Wildman–Crippen MR) is 85.2 cm³/mol. The molecule has 1 saturated carbocycles. The number of carbonyl (C=O) groups excluding carboxylic acids is 1. The third kappa shape index (κ3) is 3.50. The van der Waals surface area contributed by atoms with E-state index < -0.39 is 0 Å². The van der Waals surface area contributed by atoms with E-state index in [1.54, 1.807) is 25.3 Å². The molecule has 0 aliphatic heterocycles. The molecule has 0 heterocycles. The monoisotopic (exact) mass is 310 g/mol. The molecule has 2 rings (SSSR count). The Balaban J connectivity index is 2.10. The number of nitrogens with one attached hydrogen (secondary N) is 1. The lowest BCUT2D eigenvalue weighted by Gasteiger charge is -2.36. The first kappa shape index (κ1) is 16.1. The molecule has 1 aliphatic rings. The predicted octanol–water partition coefficient (Wildman–Crippen LogP) is 2.95. The molecule has 0 atom stereocenters. The number of methoxy groups -OCH3 is 1. The van der Waals surface area contributed by atoms with Gasteiger partial charge in [-0.25, -0.2) is 0 Å². The van der Waals surface area contributed by atoms with Crippen LogP contribution in [0.2, 0.25) is 5.02 Å². The normalized spacial score (nSPS) is 17.0. The van der Waals surface area contributed by atoms with Crippen molar-refractivity contribution in [2.75, 3.05) is 27.7 Å². The zero-order valence-electron chi connectivity index (χ0n) is 12.9. The molecule has 1 aromatic carbocycles. The van der Waals surface area contributed by atoms with Crippen molar-refractivity contribution in [2.24, 2.45) is 0 Å². The number of halogens is 1. The van der Waals surface area contributed by atoms with Gasteiger partial charge in [-0.15, -0.1) is 0 Å². The smallest absolute Gasteiger partial charge is 0.255 e. The molecule has 5 heteroatoms. The summed E-state index contributed by atoms with van der Waals surface area (Å²) in [6.07, 6.45) is 4.67. The van der Waals surface area contributed by atoms with Crippen molar-refractivity contribution in [1.29, 1.82) is 0 Å². The number of amides is 1. The third-order valence-electron chi connectivity index (χ3n) is 4.47. The van der Waals surface area contributed by atoms with E-state index >= 15 is 0 Å². The zero-order chi connectivity index (χ0) is 15.5. The molecule has 1 aliphatic carbocycles. The summed E-state index contributed by atoms with van der Waals surface area (Å²) in [5.41, 5.74) is 0.554. The van der Waals surface area contributed by atoms with E-state index in [1.165, 1.54) is 12.8 Å². The van der Waals surface area contributed by atoms with Crippen molar-refractivity contribution < 1.29 is 9.53 Å². The summed E-state index contributed by atoms with van der Waals surface area (Å²) in [5.74, 6) is 0.407. The lowest BCUT2D eigenvalue weighted by Crippen LogP contribution is -2.50. The van der Waals surface area contributed by atoms with Crippen molar-refractivity contribution >= 4 is 17.5 Å². The summed E-state index contributed by atoms with van der Waals surface area (Å²) in [7, 11) is 5.72. The minimum Gasteiger partial charge on any atom is -0.496 e. The molecule has 0 saturated heterocycles. The fourth-order valence-electron chi connectivity index (χ4n) is 3.01. The van der Waals surface area contributed by atoms with Crippen LogP contribution < -0.4 is 10.1 Å². The highest BCUT2D eigenvalue weighted by Crippen LogP contribution is 2.33. The Bertz CT molecular complexity index is 511. The van der Waals surface area contributed by atoms with Gasteiger partial charge in [-0.3, -0.25) is 4.79 Å². The van der Waals surface area contributed by atoms with E-state index in [0.717, 1.165) is 12.8 Å². The lowest BCUT2D eigenvalue weighted by molar-refractivity contribution is 0.0897. The van der Waals surface area contributed by atoms with Gasteiger partial charge in [0.15, 0.2) is 0 Å². The summed E-state index contributed by atoms with van der Waals surface area (Å²) in [6.45, 7) is 0.647. The first-order valence-electron chi connectivity index (χ1n) is 7.28. The zero-order valence-corrected chi connectivity index (χ0v) is 13.7. The van der Waals surface area contributed by atoms with Crippen LogP contribution in [0.1, 0.15) is 36.0 Å². The molecule has 4 nitrogen and oxygen atoms in total. The number of carbonyl (C=O) groups is 1. The van der Waals surface area contributed by atoms with Gasteiger partial charge in [-0.1, -0.05) is 24.4 Å². The second-order valence-electron chi connectivity index (χ2n) is 5.85. The molecule has 21 heavy (non-hydrogen) atoms. The molecule has 0 spiro atoms. The van der Waals surface area contributed by atoms with Gasteiger partial charge in [0, 0.05) is 17.1 Å². The third-order valence-corrected chi connectivity index (χ3v) is 4.70. The standard InChI is InChI=1S/C16H23ClN2O2/c1-19(2)16(8-4-5-9-16)11-18-15(20)13-10-12(17)6-7-14(13)21-3/h6-7,10H,4-5,8-9,11H2,1-3H3,(H,18,20). The van der Waals surface area contributed by atoms with Crippen LogP contribution in [0.5, 0.6) is 5.75 Å². The van der Waals surface area contributed by atoms with E-state index in [9.17, 15) is 4.79 Å². The van der Waals surface area contributed by atoms with E-state index in [1.807, 2.05) is 0 Å². The van der Waals surface area contributed by atoms with Crippen molar-refractivity contribution in [3.05, 3.63) is 28.8 Å². The second-order valence-corrected chi connectivity index (χ2v) is 6.29. The van der Waals surface area contributed by atoms with E-state index in [2.05, 4.69) is 24.3 Å². The minimum atomic E-state index is -0.137. The topological polar surface area (TPSA) is 41.6 Å². The second kappa shape index (κ2) is 6.67. The number of hydrogen-bond acceptors (Lipinski definition) is 3.